The van der Waals surface area contributed by atoms with Gasteiger partial charge in [0.15, 0.2) is 0 Å². The van der Waals surface area contributed by atoms with Gasteiger partial charge in [-0.25, -0.2) is 4.98 Å². The minimum absolute atomic E-state index is 0.0261. The minimum atomic E-state index is -0.0261. The van der Waals surface area contributed by atoms with Crippen molar-refractivity contribution in [3.8, 4) is 5.88 Å². The molecule has 2 heterocycles. The summed E-state index contributed by atoms with van der Waals surface area (Å²) < 4.78 is 5.79. The Morgan fingerprint density at radius 1 is 0.952 bits per heavy atom. The highest BCUT2D eigenvalue weighted by molar-refractivity contribution is 5.89. The van der Waals surface area contributed by atoms with Crippen LogP contribution in [0.15, 0.2) is 54.9 Å². The molecule has 106 valence electrons. The molecule has 0 aliphatic heterocycles. The van der Waals surface area contributed by atoms with Gasteiger partial charge in [-0.1, -0.05) is 24.3 Å². The molecular formula is C17H16N2O2. The maximum absolute atomic E-state index is 9.36. The highest BCUT2D eigenvalue weighted by Crippen LogP contribution is 2.26. The lowest BCUT2D eigenvalue weighted by Crippen LogP contribution is -2.04. The smallest absolute Gasteiger partial charge is 0.221 e. The van der Waals surface area contributed by atoms with Crippen molar-refractivity contribution in [3.63, 3.8) is 0 Å². The summed E-state index contributed by atoms with van der Waals surface area (Å²) in [6, 6.07) is 13.6. The quantitative estimate of drug-likeness (QED) is 0.780. The van der Waals surface area contributed by atoms with E-state index in [-0.39, 0.29) is 6.61 Å². The zero-order valence-corrected chi connectivity index (χ0v) is 11.6. The Morgan fingerprint density at radius 2 is 1.76 bits per heavy atom. The molecule has 0 aliphatic rings. The number of aromatic nitrogens is 2. The lowest BCUT2D eigenvalue weighted by Gasteiger charge is -2.10. The molecule has 0 saturated carbocycles. The fraction of sp³-hybridized carbons (Fsp3) is 0.176. The average molecular weight is 280 g/mol. The van der Waals surface area contributed by atoms with Gasteiger partial charge >= 0.3 is 0 Å². The molecule has 0 saturated heterocycles. The summed E-state index contributed by atoms with van der Waals surface area (Å²) >= 11 is 0. The molecule has 2 aromatic heterocycles. The predicted octanol–water partition coefficient (Wildman–Crippen LogP) is 2.74. The summed E-state index contributed by atoms with van der Waals surface area (Å²) in [5.41, 5.74) is 1.80. The second kappa shape index (κ2) is 6.33. The molecule has 0 atom stereocenters. The van der Waals surface area contributed by atoms with Gasteiger partial charge < -0.3 is 9.84 Å². The van der Waals surface area contributed by atoms with Crippen LogP contribution < -0.4 is 4.74 Å². The van der Waals surface area contributed by atoms with Gasteiger partial charge in [0.25, 0.3) is 0 Å². The lowest BCUT2D eigenvalue weighted by molar-refractivity contribution is 0.281. The number of ether oxygens (including phenoxy) is 1. The summed E-state index contributed by atoms with van der Waals surface area (Å²) in [4.78, 5) is 8.57. The van der Waals surface area contributed by atoms with Gasteiger partial charge in [0.05, 0.1) is 13.2 Å². The Hall–Kier alpha value is -2.46. The molecule has 0 fully saturated rings. The van der Waals surface area contributed by atoms with Crippen LogP contribution in [0.2, 0.25) is 0 Å². The van der Waals surface area contributed by atoms with E-state index in [1.807, 2.05) is 42.5 Å². The van der Waals surface area contributed by atoms with Gasteiger partial charge in [-0.15, -0.1) is 0 Å². The van der Waals surface area contributed by atoms with Crippen LogP contribution >= 0.6 is 0 Å². The first kappa shape index (κ1) is 13.5. The molecule has 4 heteroatoms. The number of nitrogens with zero attached hydrogens (tertiary/aromatic N) is 2. The molecule has 3 rings (SSSR count). The van der Waals surface area contributed by atoms with Crippen molar-refractivity contribution < 1.29 is 9.84 Å². The van der Waals surface area contributed by atoms with Crippen LogP contribution in [0.25, 0.3) is 10.8 Å². The molecule has 0 aliphatic carbocycles. The number of hydrogen-bond donors (Lipinski definition) is 1. The molecule has 3 aromatic rings. The number of fused-ring (bicyclic) bond motifs is 1. The molecule has 21 heavy (non-hydrogen) atoms. The van der Waals surface area contributed by atoms with Crippen LogP contribution in [0.5, 0.6) is 5.88 Å². The topological polar surface area (TPSA) is 55.2 Å². The van der Waals surface area contributed by atoms with E-state index in [0.717, 1.165) is 28.5 Å². The van der Waals surface area contributed by atoms with E-state index in [2.05, 4.69) is 9.97 Å². The Balaban J connectivity index is 1.78. The molecule has 0 amide bonds. The van der Waals surface area contributed by atoms with Crippen molar-refractivity contribution in [3.05, 3.63) is 66.1 Å². The molecule has 0 radical (unpaired) electrons. The van der Waals surface area contributed by atoms with Crippen molar-refractivity contribution in [2.45, 2.75) is 13.0 Å². The maximum Gasteiger partial charge on any atom is 0.221 e. The summed E-state index contributed by atoms with van der Waals surface area (Å²) in [6.07, 6.45) is 4.18. The van der Waals surface area contributed by atoms with Crippen molar-refractivity contribution in [2.75, 3.05) is 6.61 Å². The Kier molecular flexibility index (Phi) is 4.07. The van der Waals surface area contributed by atoms with Gasteiger partial charge in [-0.2, -0.15) is 0 Å². The predicted molar refractivity (Wildman–Crippen MR) is 81.1 cm³/mol. The molecular weight excluding hydrogens is 264 g/mol. The van der Waals surface area contributed by atoms with Crippen LogP contribution in [0.1, 0.15) is 11.3 Å². The summed E-state index contributed by atoms with van der Waals surface area (Å²) in [5.74, 6) is 0.596. The van der Waals surface area contributed by atoms with E-state index in [1.165, 1.54) is 0 Å². The van der Waals surface area contributed by atoms with Gasteiger partial charge in [0.1, 0.15) is 0 Å². The number of rotatable bonds is 5. The monoisotopic (exact) mass is 280 g/mol. The third kappa shape index (κ3) is 3.01. The lowest BCUT2D eigenvalue weighted by atomic mass is 10.1. The Bertz CT molecular complexity index is 729. The van der Waals surface area contributed by atoms with Gasteiger partial charge in [-0.05, 0) is 23.6 Å². The van der Waals surface area contributed by atoms with Gasteiger partial charge in [0.2, 0.25) is 5.88 Å². The number of hydrogen-bond acceptors (Lipinski definition) is 4. The van der Waals surface area contributed by atoms with Crippen LogP contribution in [-0.2, 0) is 13.0 Å². The van der Waals surface area contributed by atoms with E-state index >= 15 is 0 Å². The van der Waals surface area contributed by atoms with Crippen LogP contribution in [0.4, 0.5) is 0 Å². The fourth-order valence-corrected chi connectivity index (χ4v) is 2.26. The maximum atomic E-state index is 9.36. The number of aliphatic hydroxyl groups excluding tert-OH is 1. The first-order valence-electron chi connectivity index (χ1n) is 6.88. The van der Waals surface area contributed by atoms with Crippen LogP contribution in [0.3, 0.4) is 0 Å². The molecule has 1 aromatic carbocycles. The summed E-state index contributed by atoms with van der Waals surface area (Å²) in [5, 5.41) is 11.3. The van der Waals surface area contributed by atoms with Crippen molar-refractivity contribution in [1.82, 2.24) is 9.97 Å². The Morgan fingerprint density at radius 3 is 2.52 bits per heavy atom. The highest BCUT2D eigenvalue weighted by atomic mass is 16.5. The van der Waals surface area contributed by atoms with Crippen LogP contribution in [-0.4, -0.2) is 21.7 Å². The first-order chi connectivity index (χ1) is 10.4. The largest absolute Gasteiger partial charge is 0.477 e. The molecule has 0 bridgehead atoms. The van der Waals surface area contributed by atoms with Gasteiger partial charge in [-0.3, -0.25) is 4.98 Å². The third-order valence-corrected chi connectivity index (χ3v) is 3.33. The standard InChI is InChI=1S/C17H16N2O2/c20-12-13-11-19-17(16-7-2-1-6-15(13)16)21-10-8-14-5-3-4-9-18-14/h1-7,9,11,20H,8,10,12H2. The van der Waals surface area contributed by atoms with E-state index in [0.29, 0.717) is 12.5 Å². The second-order valence-electron chi connectivity index (χ2n) is 4.71. The molecule has 0 spiro atoms. The van der Waals surface area contributed by atoms with E-state index in [1.54, 1.807) is 12.4 Å². The van der Waals surface area contributed by atoms with Gasteiger partial charge in [0, 0.05) is 35.5 Å². The normalized spacial score (nSPS) is 10.7. The summed E-state index contributed by atoms with van der Waals surface area (Å²) in [6.45, 7) is 0.494. The van der Waals surface area contributed by atoms with Crippen LogP contribution in [0, 0.1) is 0 Å². The molecule has 0 unspecified atom stereocenters. The molecule has 4 nitrogen and oxygen atoms in total. The SMILES string of the molecule is OCc1cnc(OCCc2ccccn2)c2ccccc12. The number of benzene rings is 1. The third-order valence-electron chi connectivity index (χ3n) is 3.33. The molecule has 1 N–H and O–H groups in total. The zero-order valence-electron chi connectivity index (χ0n) is 11.6. The number of pyridine rings is 2. The van der Waals surface area contributed by atoms with Crippen molar-refractivity contribution >= 4 is 10.8 Å². The zero-order chi connectivity index (χ0) is 14.5. The fourth-order valence-electron chi connectivity index (χ4n) is 2.26. The first-order valence-corrected chi connectivity index (χ1v) is 6.88. The second-order valence-corrected chi connectivity index (χ2v) is 4.71. The summed E-state index contributed by atoms with van der Waals surface area (Å²) in [7, 11) is 0. The highest BCUT2D eigenvalue weighted by Gasteiger charge is 2.07. The minimum Gasteiger partial charge on any atom is -0.477 e. The Labute approximate surface area is 123 Å². The van der Waals surface area contributed by atoms with E-state index in [9.17, 15) is 5.11 Å². The van der Waals surface area contributed by atoms with E-state index < -0.39 is 0 Å². The number of aliphatic hydroxyl groups is 1. The van der Waals surface area contributed by atoms with Crippen molar-refractivity contribution in [1.29, 1.82) is 0 Å². The van der Waals surface area contributed by atoms with E-state index in [4.69, 9.17) is 4.74 Å². The average Bonchev–Trinajstić information content (AvgIpc) is 2.56. The van der Waals surface area contributed by atoms with Crippen molar-refractivity contribution in [2.24, 2.45) is 0 Å².